The van der Waals surface area contributed by atoms with Crippen molar-refractivity contribution in [2.24, 2.45) is 7.05 Å². The molecule has 0 radical (unpaired) electrons. The number of imidazole rings is 1. The SMILES string of the molecule is CCCn1ccnc1CNc1cnn(C)c1. The van der Waals surface area contributed by atoms with Gasteiger partial charge in [-0.15, -0.1) is 0 Å². The molecule has 2 aromatic heterocycles. The van der Waals surface area contributed by atoms with Crippen molar-refractivity contribution in [2.75, 3.05) is 5.32 Å². The average Bonchev–Trinajstić information content (AvgIpc) is 2.85. The zero-order valence-electron chi connectivity index (χ0n) is 9.72. The Labute approximate surface area is 95.1 Å². The third kappa shape index (κ3) is 2.42. The maximum absolute atomic E-state index is 4.33. The maximum atomic E-state index is 4.33. The van der Waals surface area contributed by atoms with Gasteiger partial charge in [-0.3, -0.25) is 4.68 Å². The van der Waals surface area contributed by atoms with Crippen molar-refractivity contribution in [3.8, 4) is 0 Å². The number of hydrogen-bond donors (Lipinski definition) is 1. The molecule has 2 rings (SSSR count). The van der Waals surface area contributed by atoms with Gasteiger partial charge in [0.05, 0.1) is 18.4 Å². The van der Waals surface area contributed by atoms with Crippen molar-refractivity contribution in [1.82, 2.24) is 19.3 Å². The first-order valence-electron chi connectivity index (χ1n) is 5.52. The van der Waals surface area contributed by atoms with Crippen LogP contribution in [0.4, 0.5) is 5.69 Å². The smallest absolute Gasteiger partial charge is 0.128 e. The summed E-state index contributed by atoms with van der Waals surface area (Å²) in [5.74, 6) is 1.06. The molecule has 0 aliphatic carbocycles. The van der Waals surface area contributed by atoms with Crippen LogP contribution >= 0.6 is 0 Å². The summed E-state index contributed by atoms with van der Waals surface area (Å²) in [4.78, 5) is 4.33. The highest BCUT2D eigenvalue weighted by Crippen LogP contribution is 2.06. The first-order valence-corrected chi connectivity index (χ1v) is 5.52. The topological polar surface area (TPSA) is 47.7 Å². The third-order valence-electron chi connectivity index (χ3n) is 2.42. The molecule has 0 unspecified atom stereocenters. The summed E-state index contributed by atoms with van der Waals surface area (Å²) < 4.78 is 3.95. The largest absolute Gasteiger partial charge is 0.375 e. The average molecular weight is 219 g/mol. The predicted octanol–water partition coefficient (Wildman–Crippen LogP) is 1.64. The van der Waals surface area contributed by atoms with Crippen LogP contribution in [0.15, 0.2) is 24.8 Å². The van der Waals surface area contributed by atoms with Crippen molar-refractivity contribution < 1.29 is 0 Å². The van der Waals surface area contributed by atoms with Crippen molar-refractivity contribution in [1.29, 1.82) is 0 Å². The zero-order valence-corrected chi connectivity index (χ0v) is 9.72. The van der Waals surface area contributed by atoms with Crippen LogP contribution in [0, 0.1) is 0 Å². The van der Waals surface area contributed by atoms with Gasteiger partial charge in [0.15, 0.2) is 0 Å². The van der Waals surface area contributed by atoms with Gasteiger partial charge in [-0.1, -0.05) is 6.92 Å². The summed E-state index contributed by atoms with van der Waals surface area (Å²) >= 11 is 0. The molecule has 0 aliphatic rings. The van der Waals surface area contributed by atoms with E-state index >= 15 is 0 Å². The lowest BCUT2D eigenvalue weighted by atomic mass is 10.4. The van der Waals surface area contributed by atoms with Gasteiger partial charge >= 0.3 is 0 Å². The van der Waals surface area contributed by atoms with Gasteiger partial charge in [-0.05, 0) is 6.42 Å². The first-order chi connectivity index (χ1) is 7.79. The number of anilines is 1. The molecule has 0 aromatic carbocycles. The Morgan fingerprint density at radius 3 is 3.00 bits per heavy atom. The minimum atomic E-state index is 0.735. The quantitative estimate of drug-likeness (QED) is 0.831. The molecular formula is C11H17N5. The number of nitrogens with one attached hydrogen (secondary N) is 1. The van der Waals surface area contributed by atoms with Crippen molar-refractivity contribution in [3.63, 3.8) is 0 Å². The summed E-state index contributed by atoms with van der Waals surface area (Å²) in [5, 5.41) is 7.40. The van der Waals surface area contributed by atoms with Gasteiger partial charge in [0, 0.05) is 32.2 Å². The highest BCUT2D eigenvalue weighted by molar-refractivity contribution is 5.38. The molecular weight excluding hydrogens is 202 g/mol. The highest BCUT2D eigenvalue weighted by Gasteiger charge is 2.02. The van der Waals surface area contributed by atoms with Crippen molar-refractivity contribution in [3.05, 3.63) is 30.6 Å². The monoisotopic (exact) mass is 219 g/mol. The summed E-state index contributed by atoms with van der Waals surface area (Å²) in [7, 11) is 1.91. The number of aromatic nitrogens is 4. The molecule has 0 aliphatic heterocycles. The molecule has 2 heterocycles. The van der Waals surface area contributed by atoms with Crippen LogP contribution in [0.3, 0.4) is 0 Å². The molecule has 5 heteroatoms. The van der Waals surface area contributed by atoms with E-state index in [0.717, 1.165) is 31.0 Å². The Kier molecular flexibility index (Phi) is 3.24. The predicted molar refractivity (Wildman–Crippen MR) is 63.1 cm³/mol. The molecule has 86 valence electrons. The normalized spacial score (nSPS) is 10.6. The standard InChI is InChI=1S/C11H17N5/c1-3-5-16-6-4-12-11(16)8-13-10-7-14-15(2)9-10/h4,6-7,9,13H,3,5,8H2,1-2H3. The van der Waals surface area contributed by atoms with Gasteiger partial charge in [0.25, 0.3) is 0 Å². The fourth-order valence-corrected chi connectivity index (χ4v) is 1.65. The molecule has 5 nitrogen and oxygen atoms in total. The summed E-state index contributed by atoms with van der Waals surface area (Å²) in [6, 6.07) is 0. The molecule has 0 spiro atoms. The second-order valence-electron chi connectivity index (χ2n) is 3.79. The fourth-order valence-electron chi connectivity index (χ4n) is 1.65. The minimum absolute atomic E-state index is 0.735. The second-order valence-corrected chi connectivity index (χ2v) is 3.79. The number of hydrogen-bond acceptors (Lipinski definition) is 3. The lowest BCUT2D eigenvalue weighted by Gasteiger charge is -2.06. The Balaban J connectivity index is 1.96. The van der Waals surface area contributed by atoms with E-state index in [1.54, 1.807) is 4.68 Å². The third-order valence-corrected chi connectivity index (χ3v) is 2.42. The summed E-state index contributed by atoms with van der Waals surface area (Å²) in [6.45, 7) is 3.92. The summed E-state index contributed by atoms with van der Waals surface area (Å²) in [6.07, 6.45) is 8.75. The first kappa shape index (κ1) is 10.7. The number of aryl methyl sites for hydroxylation is 2. The Bertz CT molecular complexity index is 443. The lowest BCUT2D eigenvalue weighted by molar-refractivity contribution is 0.644. The molecule has 0 fully saturated rings. The molecule has 0 bridgehead atoms. The number of nitrogens with zero attached hydrogens (tertiary/aromatic N) is 4. The van der Waals surface area contributed by atoms with Gasteiger partial charge in [0.2, 0.25) is 0 Å². The van der Waals surface area contributed by atoms with Crippen LogP contribution < -0.4 is 5.32 Å². The van der Waals surface area contributed by atoms with Crippen LogP contribution in [-0.2, 0) is 20.1 Å². The maximum Gasteiger partial charge on any atom is 0.128 e. The molecule has 0 saturated carbocycles. The van der Waals surface area contributed by atoms with Crippen LogP contribution in [0.1, 0.15) is 19.2 Å². The van der Waals surface area contributed by atoms with E-state index in [2.05, 4.69) is 26.9 Å². The Morgan fingerprint density at radius 1 is 1.44 bits per heavy atom. The lowest BCUT2D eigenvalue weighted by Crippen LogP contribution is -2.08. The Morgan fingerprint density at radius 2 is 2.31 bits per heavy atom. The molecule has 1 N–H and O–H groups in total. The molecule has 2 aromatic rings. The molecule has 0 saturated heterocycles. The second kappa shape index (κ2) is 4.83. The van der Waals surface area contributed by atoms with E-state index < -0.39 is 0 Å². The van der Waals surface area contributed by atoms with E-state index in [4.69, 9.17) is 0 Å². The number of rotatable bonds is 5. The fraction of sp³-hybridized carbons (Fsp3) is 0.455. The highest BCUT2D eigenvalue weighted by atomic mass is 15.3. The van der Waals surface area contributed by atoms with Crippen molar-refractivity contribution >= 4 is 5.69 Å². The van der Waals surface area contributed by atoms with E-state index in [9.17, 15) is 0 Å². The summed E-state index contributed by atoms with van der Waals surface area (Å²) in [5.41, 5.74) is 1.02. The van der Waals surface area contributed by atoms with Crippen LogP contribution in [-0.4, -0.2) is 19.3 Å². The van der Waals surface area contributed by atoms with E-state index in [1.807, 2.05) is 31.8 Å². The van der Waals surface area contributed by atoms with Gasteiger partial charge < -0.3 is 9.88 Å². The molecule has 16 heavy (non-hydrogen) atoms. The van der Waals surface area contributed by atoms with Crippen LogP contribution in [0.2, 0.25) is 0 Å². The van der Waals surface area contributed by atoms with Gasteiger partial charge in [-0.25, -0.2) is 4.98 Å². The molecule has 0 atom stereocenters. The van der Waals surface area contributed by atoms with Crippen LogP contribution in [0.25, 0.3) is 0 Å². The van der Waals surface area contributed by atoms with E-state index in [1.165, 1.54) is 0 Å². The van der Waals surface area contributed by atoms with E-state index in [0.29, 0.717) is 0 Å². The van der Waals surface area contributed by atoms with Crippen molar-refractivity contribution in [2.45, 2.75) is 26.4 Å². The van der Waals surface area contributed by atoms with E-state index in [-0.39, 0.29) is 0 Å². The minimum Gasteiger partial charge on any atom is -0.375 e. The van der Waals surface area contributed by atoms with Gasteiger partial charge in [-0.2, -0.15) is 5.10 Å². The van der Waals surface area contributed by atoms with Gasteiger partial charge in [0.1, 0.15) is 5.82 Å². The van der Waals surface area contributed by atoms with Crippen LogP contribution in [0.5, 0.6) is 0 Å². The Hall–Kier alpha value is -1.78. The zero-order chi connectivity index (χ0) is 11.4. The molecule has 0 amide bonds.